The molecule has 1 aromatic heterocycles. The first-order valence-corrected chi connectivity index (χ1v) is 12.4. The molecular weight excluding hydrogens is 420 g/mol. The molecule has 1 heterocycles. The van der Waals surface area contributed by atoms with Crippen molar-refractivity contribution < 1.29 is 9.47 Å². The van der Waals surface area contributed by atoms with E-state index in [-0.39, 0.29) is 0 Å². The quantitative estimate of drug-likeness (QED) is 0.320. The van der Waals surface area contributed by atoms with Crippen LogP contribution in [0.1, 0.15) is 25.6 Å². The van der Waals surface area contributed by atoms with Crippen molar-refractivity contribution in [3.8, 4) is 22.9 Å². The molecule has 0 saturated carbocycles. The van der Waals surface area contributed by atoms with Gasteiger partial charge in [0, 0.05) is 24.4 Å². The number of rotatable bonds is 14. The van der Waals surface area contributed by atoms with Crippen molar-refractivity contribution in [2.75, 3.05) is 39.6 Å². The highest BCUT2D eigenvalue weighted by Crippen LogP contribution is 2.24. The van der Waals surface area contributed by atoms with Gasteiger partial charge in [0.15, 0.2) is 5.82 Å². The number of nitrogens with zero attached hydrogens (tertiary/aromatic N) is 4. The van der Waals surface area contributed by atoms with Gasteiger partial charge in [0.1, 0.15) is 17.3 Å². The summed E-state index contributed by atoms with van der Waals surface area (Å²) in [6, 6.07) is 18.1. The van der Waals surface area contributed by atoms with E-state index in [9.17, 15) is 0 Å². The molecule has 0 atom stereocenters. The summed E-state index contributed by atoms with van der Waals surface area (Å²) in [4.78, 5) is 2.17. The van der Waals surface area contributed by atoms with Crippen molar-refractivity contribution in [2.45, 2.75) is 32.1 Å². The standard InChI is InChI=1S/C25H34N4O2S/c1-4-15-29-24(20-32-19-18-31-22-9-6-5-7-10-22)26-27-25(29)21-11-13-23(14-12-21)30-17-8-16-28(2)3/h5-7,9-14H,4,8,15-20H2,1-3H3. The second-order valence-corrected chi connectivity index (χ2v) is 8.94. The normalized spacial score (nSPS) is 11.1. The third-order valence-electron chi connectivity index (χ3n) is 4.88. The van der Waals surface area contributed by atoms with E-state index in [4.69, 9.17) is 9.47 Å². The fourth-order valence-electron chi connectivity index (χ4n) is 3.28. The van der Waals surface area contributed by atoms with E-state index in [1.807, 2.05) is 54.2 Å². The Morgan fingerprint density at radius 3 is 2.34 bits per heavy atom. The first kappa shape index (κ1) is 24.1. The molecule has 0 aliphatic rings. The highest BCUT2D eigenvalue weighted by molar-refractivity contribution is 7.98. The second-order valence-electron chi connectivity index (χ2n) is 7.84. The molecule has 7 heteroatoms. The predicted octanol–water partition coefficient (Wildman–Crippen LogP) is 5.00. The van der Waals surface area contributed by atoms with Crippen LogP contribution in [-0.2, 0) is 12.3 Å². The summed E-state index contributed by atoms with van der Waals surface area (Å²) in [5.41, 5.74) is 1.07. The molecule has 0 saturated heterocycles. The molecule has 0 unspecified atom stereocenters. The smallest absolute Gasteiger partial charge is 0.163 e. The van der Waals surface area contributed by atoms with Crippen LogP contribution < -0.4 is 9.47 Å². The van der Waals surface area contributed by atoms with E-state index in [0.717, 1.165) is 72.8 Å². The van der Waals surface area contributed by atoms with Gasteiger partial charge in [-0.15, -0.1) is 10.2 Å². The lowest BCUT2D eigenvalue weighted by atomic mass is 10.2. The number of aromatic nitrogens is 3. The molecule has 0 fully saturated rings. The summed E-state index contributed by atoms with van der Waals surface area (Å²) in [6.07, 6.45) is 2.05. The van der Waals surface area contributed by atoms with Crippen molar-refractivity contribution in [2.24, 2.45) is 0 Å². The number of hydrogen-bond acceptors (Lipinski definition) is 6. The Balaban J connectivity index is 1.53. The van der Waals surface area contributed by atoms with E-state index >= 15 is 0 Å². The summed E-state index contributed by atoms with van der Waals surface area (Å²) < 4.78 is 13.9. The van der Waals surface area contributed by atoms with Gasteiger partial charge in [-0.1, -0.05) is 25.1 Å². The maximum atomic E-state index is 5.85. The van der Waals surface area contributed by atoms with Crippen LogP contribution >= 0.6 is 11.8 Å². The maximum absolute atomic E-state index is 5.85. The number of para-hydroxylation sites is 1. The Bertz CT molecular complexity index is 913. The van der Waals surface area contributed by atoms with Crippen LogP contribution in [0.4, 0.5) is 0 Å². The van der Waals surface area contributed by atoms with E-state index < -0.39 is 0 Å². The summed E-state index contributed by atoms with van der Waals surface area (Å²) in [7, 11) is 4.15. The summed E-state index contributed by atoms with van der Waals surface area (Å²) in [6.45, 7) is 5.51. The third kappa shape index (κ3) is 7.57. The topological polar surface area (TPSA) is 52.4 Å². The average molecular weight is 455 g/mol. The van der Waals surface area contributed by atoms with Crippen LogP contribution in [0.15, 0.2) is 54.6 Å². The lowest BCUT2D eigenvalue weighted by Gasteiger charge is -2.11. The minimum absolute atomic E-state index is 0.680. The summed E-state index contributed by atoms with van der Waals surface area (Å²) in [5.74, 6) is 5.46. The highest BCUT2D eigenvalue weighted by Gasteiger charge is 2.13. The van der Waals surface area contributed by atoms with Crippen molar-refractivity contribution in [1.82, 2.24) is 19.7 Å². The molecule has 6 nitrogen and oxygen atoms in total. The highest BCUT2D eigenvalue weighted by atomic mass is 32.2. The molecule has 0 radical (unpaired) electrons. The fraction of sp³-hybridized carbons (Fsp3) is 0.440. The Kier molecular flexibility index (Phi) is 9.91. The lowest BCUT2D eigenvalue weighted by molar-refractivity contribution is 0.281. The lowest BCUT2D eigenvalue weighted by Crippen LogP contribution is -2.15. The molecule has 0 aliphatic carbocycles. The van der Waals surface area contributed by atoms with Gasteiger partial charge >= 0.3 is 0 Å². The Hall–Kier alpha value is -2.51. The molecule has 0 bridgehead atoms. The van der Waals surface area contributed by atoms with Gasteiger partial charge in [0.25, 0.3) is 0 Å². The van der Waals surface area contributed by atoms with Crippen LogP contribution in [-0.4, -0.2) is 59.3 Å². The third-order valence-corrected chi connectivity index (χ3v) is 5.79. The van der Waals surface area contributed by atoms with Crippen LogP contribution in [0.5, 0.6) is 11.5 Å². The van der Waals surface area contributed by atoms with Crippen molar-refractivity contribution in [1.29, 1.82) is 0 Å². The minimum Gasteiger partial charge on any atom is -0.494 e. The number of benzene rings is 2. The van der Waals surface area contributed by atoms with Crippen LogP contribution in [0.25, 0.3) is 11.4 Å². The number of thioether (sulfide) groups is 1. The molecule has 0 amide bonds. The molecule has 32 heavy (non-hydrogen) atoms. The fourth-order valence-corrected chi connectivity index (χ4v) is 4.03. The van der Waals surface area contributed by atoms with Crippen LogP contribution in [0.3, 0.4) is 0 Å². The minimum atomic E-state index is 0.680. The Morgan fingerprint density at radius 1 is 0.906 bits per heavy atom. The zero-order valence-electron chi connectivity index (χ0n) is 19.4. The van der Waals surface area contributed by atoms with Crippen molar-refractivity contribution >= 4 is 11.8 Å². The van der Waals surface area contributed by atoms with Gasteiger partial charge in [-0.2, -0.15) is 11.8 Å². The monoisotopic (exact) mass is 454 g/mol. The molecule has 172 valence electrons. The molecule has 0 spiro atoms. The van der Waals surface area contributed by atoms with Gasteiger partial charge in [0.2, 0.25) is 0 Å². The van der Waals surface area contributed by atoms with E-state index in [1.165, 1.54) is 0 Å². The van der Waals surface area contributed by atoms with E-state index in [2.05, 4.69) is 52.8 Å². The largest absolute Gasteiger partial charge is 0.494 e. The SMILES string of the molecule is CCCn1c(CSCCOc2ccccc2)nnc1-c1ccc(OCCCN(C)C)cc1. The predicted molar refractivity (Wildman–Crippen MR) is 133 cm³/mol. The van der Waals surface area contributed by atoms with Crippen molar-refractivity contribution in [3.05, 3.63) is 60.4 Å². The van der Waals surface area contributed by atoms with E-state index in [1.54, 1.807) is 0 Å². The van der Waals surface area contributed by atoms with E-state index in [0.29, 0.717) is 6.61 Å². The Labute approximate surface area is 195 Å². The van der Waals surface area contributed by atoms with Gasteiger partial charge in [-0.25, -0.2) is 0 Å². The molecule has 0 N–H and O–H groups in total. The maximum Gasteiger partial charge on any atom is 0.163 e. The summed E-state index contributed by atoms with van der Waals surface area (Å²) in [5, 5.41) is 8.98. The van der Waals surface area contributed by atoms with Gasteiger partial charge < -0.3 is 18.9 Å². The molecule has 3 rings (SSSR count). The zero-order valence-corrected chi connectivity index (χ0v) is 20.2. The molecule has 3 aromatic rings. The van der Waals surface area contributed by atoms with Gasteiger partial charge in [0.05, 0.1) is 19.0 Å². The average Bonchev–Trinajstić information content (AvgIpc) is 3.20. The molecule has 2 aromatic carbocycles. The van der Waals surface area contributed by atoms with Gasteiger partial charge in [-0.3, -0.25) is 0 Å². The van der Waals surface area contributed by atoms with Crippen LogP contribution in [0.2, 0.25) is 0 Å². The van der Waals surface area contributed by atoms with Gasteiger partial charge in [-0.05, 0) is 63.3 Å². The number of hydrogen-bond donors (Lipinski definition) is 0. The van der Waals surface area contributed by atoms with Crippen molar-refractivity contribution in [3.63, 3.8) is 0 Å². The second kappa shape index (κ2) is 13.1. The first-order valence-electron chi connectivity index (χ1n) is 11.2. The zero-order chi connectivity index (χ0) is 22.6. The Morgan fingerprint density at radius 2 is 1.62 bits per heavy atom. The molecular formula is C25H34N4O2S. The molecule has 0 aliphatic heterocycles. The van der Waals surface area contributed by atoms with Crippen LogP contribution in [0, 0.1) is 0 Å². The number of ether oxygens (including phenoxy) is 2. The first-order chi connectivity index (χ1) is 15.7. The summed E-state index contributed by atoms with van der Waals surface area (Å²) >= 11 is 1.82.